The number of fused-ring (bicyclic) bond motifs is 1. The van der Waals surface area contributed by atoms with Crippen LogP contribution in [0.15, 0.2) is 35.2 Å². The molecule has 1 aliphatic rings. The molecule has 2 aromatic carbocycles. The van der Waals surface area contributed by atoms with Crippen LogP contribution in [0, 0.1) is 17.1 Å². The van der Waals surface area contributed by atoms with E-state index in [9.17, 15) is 39.9 Å². The summed E-state index contributed by atoms with van der Waals surface area (Å²) in [6.45, 7) is 0. The number of aliphatic hydroxyl groups is 1. The van der Waals surface area contributed by atoms with Crippen molar-refractivity contribution in [2.24, 2.45) is 0 Å². The molecule has 0 saturated carbocycles. The fraction of sp³-hybridized carbons (Fsp3) is 0.235. The van der Waals surface area contributed by atoms with E-state index in [4.69, 9.17) is 5.26 Å². The lowest BCUT2D eigenvalue weighted by Gasteiger charge is -2.17. The first-order valence-electron chi connectivity index (χ1n) is 7.53. The Morgan fingerprint density at radius 3 is 2.39 bits per heavy atom. The monoisotopic (exact) mass is 421 g/mol. The van der Waals surface area contributed by atoms with E-state index in [1.165, 1.54) is 0 Å². The molecule has 1 unspecified atom stereocenters. The van der Waals surface area contributed by atoms with Gasteiger partial charge in [0.2, 0.25) is 0 Å². The summed E-state index contributed by atoms with van der Waals surface area (Å²) in [6, 6.07) is 5.73. The van der Waals surface area contributed by atoms with E-state index in [0.717, 1.165) is 24.3 Å². The Balaban J connectivity index is 2.35. The van der Waals surface area contributed by atoms with Crippen molar-refractivity contribution in [3.05, 3.63) is 52.8 Å². The minimum Gasteiger partial charge on any atom is -0.382 e. The molecule has 1 aliphatic carbocycles. The first-order chi connectivity index (χ1) is 12.8. The summed E-state index contributed by atoms with van der Waals surface area (Å²) in [6.07, 6.45) is -4.04. The van der Waals surface area contributed by atoms with Gasteiger partial charge in [0.25, 0.3) is 15.8 Å². The van der Waals surface area contributed by atoms with Gasteiger partial charge in [0.05, 0.1) is 16.5 Å². The van der Waals surface area contributed by atoms with E-state index in [1.54, 1.807) is 6.07 Å². The van der Waals surface area contributed by atoms with E-state index in [-0.39, 0.29) is 16.7 Å². The molecule has 0 aliphatic heterocycles. The second-order valence-electron chi connectivity index (χ2n) is 6.13. The fourth-order valence-corrected chi connectivity index (χ4v) is 4.14. The first-order valence-corrected chi connectivity index (χ1v) is 9.02. The van der Waals surface area contributed by atoms with Gasteiger partial charge in [-0.3, -0.25) is 0 Å². The Labute approximate surface area is 154 Å². The molecule has 0 bridgehead atoms. The summed E-state index contributed by atoms with van der Waals surface area (Å²) in [5, 5.41) is 18.7. The van der Waals surface area contributed by atoms with Crippen LogP contribution in [0.25, 0.3) is 11.1 Å². The van der Waals surface area contributed by atoms with Crippen molar-refractivity contribution >= 4 is 9.84 Å². The summed E-state index contributed by atoms with van der Waals surface area (Å²) in [7, 11) is -6.02. The van der Waals surface area contributed by atoms with Crippen LogP contribution in [0.3, 0.4) is 0 Å². The molecule has 0 radical (unpaired) electrons. The first kappa shape index (κ1) is 20.2. The number of nitriles is 1. The fourth-order valence-electron chi connectivity index (χ4n) is 3.12. The maximum atomic E-state index is 14.1. The SMILES string of the molecule is N#Cc1cc(F)cc(-c2ccc(S(=O)(=O)C(F)(F)F)c3c2CC(F)(F)C3O)c1. The Bertz CT molecular complexity index is 1120. The number of rotatable bonds is 2. The minimum absolute atomic E-state index is 0.117. The maximum Gasteiger partial charge on any atom is 0.501 e. The van der Waals surface area contributed by atoms with Gasteiger partial charge in [-0.1, -0.05) is 6.07 Å². The topological polar surface area (TPSA) is 78.2 Å². The van der Waals surface area contributed by atoms with Crippen molar-refractivity contribution < 1.29 is 39.9 Å². The average Bonchev–Trinajstić information content (AvgIpc) is 2.82. The molecule has 0 heterocycles. The van der Waals surface area contributed by atoms with Crippen LogP contribution in [0.4, 0.5) is 26.3 Å². The molecule has 0 saturated heterocycles. The molecular weight excluding hydrogens is 412 g/mol. The molecule has 28 heavy (non-hydrogen) atoms. The predicted molar refractivity (Wildman–Crippen MR) is 83.4 cm³/mol. The van der Waals surface area contributed by atoms with E-state index in [0.29, 0.717) is 6.07 Å². The van der Waals surface area contributed by atoms with Crippen LogP contribution in [0.5, 0.6) is 0 Å². The number of benzene rings is 2. The van der Waals surface area contributed by atoms with Crippen LogP contribution >= 0.6 is 0 Å². The van der Waals surface area contributed by atoms with Gasteiger partial charge in [-0.05, 0) is 41.0 Å². The molecule has 1 N–H and O–H groups in total. The van der Waals surface area contributed by atoms with Gasteiger partial charge in [0, 0.05) is 12.0 Å². The summed E-state index contributed by atoms with van der Waals surface area (Å²) in [5.41, 5.74) is -7.91. The smallest absolute Gasteiger partial charge is 0.382 e. The second-order valence-corrected chi connectivity index (χ2v) is 8.04. The standard InChI is InChI=1S/C17H9F6NO3S/c18-10-4-8(7-24)3-9(5-10)11-1-2-13(28(26,27)17(21,22)23)14-12(11)6-16(19,20)15(14)25/h1-5,15,25H,6H2. The highest BCUT2D eigenvalue weighted by molar-refractivity contribution is 7.92. The van der Waals surface area contributed by atoms with Crippen LogP contribution < -0.4 is 0 Å². The molecule has 3 rings (SSSR count). The van der Waals surface area contributed by atoms with Crippen LogP contribution in [-0.4, -0.2) is 25.0 Å². The normalized spacial score (nSPS) is 18.6. The van der Waals surface area contributed by atoms with Crippen molar-refractivity contribution in [1.29, 1.82) is 5.26 Å². The Kier molecular flexibility index (Phi) is 4.48. The van der Waals surface area contributed by atoms with Crippen LogP contribution in [-0.2, 0) is 16.3 Å². The predicted octanol–water partition coefficient (Wildman–Crippen LogP) is 3.88. The lowest BCUT2D eigenvalue weighted by atomic mass is 9.95. The van der Waals surface area contributed by atoms with Gasteiger partial charge in [0.15, 0.2) is 0 Å². The molecule has 0 aromatic heterocycles. The highest BCUT2D eigenvalue weighted by Crippen LogP contribution is 2.50. The number of sulfone groups is 1. The van der Waals surface area contributed by atoms with Gasteiger partial charge in [-0.2, -0.15) is 18.4 Å². The van der Waals surface area contributed by atoms with Crippen molar-refractivity contribution in [3.8, 4) is 17.2 Å². The van der Waals surface area contributed by atoms with Gasteiger partial charge in [-0.15, -0.1) is 0 Å². The molecule has 0 fully saturated rings. The molecule has 2 aromatic rings. The second kappa shape index (κ2) is 6.22. The zero-order valence-electron chi connectivity index (χ0n) is 13.6. The van der Waals surface area contributed by atoms with Gasteiger partial charge >= 0.3 is 5.51 Å². The molecule has 148 valence electrons. The lowest BCUT2D eigenvalue weighted by Crippen LogP contribution is -2.26. The molecule has 4 nitrogen and oxygen atoms in total. The van der Waals surface area contributed by atoms with Crippen LogP contribution in [0.1, 0.15) is 22.8 Å². The quantitative estimate of drug-likeness (QED) is 0.747. The largest absolute Gasteiger partial charge is 0.501 e. The Morgan fingerprint density at radius 2 is 1.82 bits per heavy atom. The zero-order chi connectivity index (χ0) is 21.1. The number of hydrogen-bond donors (Lipinski definition) is 1. The molecule has 1 atom stereocenters. The average molecular weight is 421 g/mol. The summed E-state index contributed by atoms with van der Waals surface area (Å²) >= 11 is 0. The molecular formula is C17H9F6NO3S. The molecule has 11 heteroatoms. The third-order valence-corrected chi connectivity index (χ3v) is 5.88. The zero-order valence-corrected chi connectivity index (χ0v) is 14.4. The number of hydrogen-bond acceptors (Lipinski definition) is 4. The summed E-state index contributed by atoms with van der Waals surface area (Å²) in [4.78, 5) is -1.49. The lowest BCUT2D eigenvalue weighted by molar-refractivity contribution is -0.0977. The summed E-state index contributed by atoms with van der Waals surface area (Å²) in [5.74, 6) is -4.83. The number of halogens is 6. The van der Waals surface area contributed by atoms with Crippen molar-refractivity contribution in [2.45, 2.75) is 28.9 Å². The Morgan fingerprint density at radius 1 is 1.18 bits per heavy atom. The van der Waals surface area contributed by atoms with Crippen LogP contribution in [0.2, 0.25) is 0 Å². The Hall–Kier alpha value is -2.58. The van der Waals surface area contributed by atoms with Gasteiger partial charge in [0.1, 0.15) is 11.9 Å². The highest BCUT2D eigenvalue weighted by Gasteiger charge is 2.54. The number of nitrogens with zero attached hydrogens (tertiary/aromatic N) is 1. The van der Waals surface area contributed by atoms with Gasteiger partial charge < -0.3 is 5.11 Å². The highest BCUT2D eigenvalue weighted by atomic mass is 32.2. The molecule has 0 amide bonds. The minimum atomic E-state index is -6.02. The number of alkyl halides is 5. The van der Waals surface area contributed by atoms with Crippen molar-refractivity contribution in [1.82, 2.24) is 0 Å². The molecule has 0 spiro atoms. The summed E-state index contributed by atoms with van der Waals surface area (Å²) < 4.78 is 104. The van der Waals surface area contributed by atoms with E-state index >= 15 is 0 Å². The number of aliphatic hydroxyl groups excluding tert-OH is 1. The van der Waals surface area contributed by atoms with E-state index in [2.05, 4.69) is 0 Å². The third-order valence-electron chi connectivity index (χ3n) is 4.34. The third kappa shape index (κ3) is 3.02. The van der Waals surface area contributed by atoms with E-state index < -0.39 is 55.6 Å². The van der Waals surface area contributed by atoms with E-state index in [1.807, 2.05) is 0 Å². The van der Waals surface area contributed by atoms with Crippen molar-refractivity contribution in [3.63, 3.8) is 0 Å². The van der Waals surface area contributed by atoms with Gasteiger partial charge in [-0.25, -0.2) is 21.6 Å². The maximum absolute atomic E-state index is 14.1. The van der Waals surface area contributed by atoms with Crippen molar-refractivity contribution in [2.75, 3.05) is 0 Å².